The first-order valence-corrected chi connectivity index (χ1v) is 6.19. The largest absolute Gasteiger partial charge is 0.481 e. The molecule has 0 fully saturated rings. The van der Waals surface area contributed by atoms with Gasteiger partial charge in [-0.25, -0.2) is 8.78 Å². The quantitative estimate of drug-likeness (QED) is 0.593. The highest BCUT2D eigenvalue weighted by atomic mass is 19.3. The van der Waals surface area contributed by atoms with E-state index in [2.05, 4.69) is 5.32 Å². The van der Waals surface area contributed by atoms with Crippen molar-refractivity contribution in [2.75, 3.05) is 5.32 Å². The monoisotopic (exact) mass is 302 g/mol. The Hall–Kier alpha value is -2.25. The number of hydrogen-bond acceptors (Lipinski definition) is 4. The fourth-order valence-electron chi connectivity index (χ4n) is 1.80. The molecule has 0 aliphatic carbocycles. The molecule has 0 unspecified atom stereocenters. The molecule has 116 valence electrons. The van der Waals surface area contributed by atoms with Crippen LogP contribution in [0.25, 0.3) is 0 Å². The van der Waals surface area contributed by atoms with Gasteiger partial charge in [-0.3, -0.25) is 14.9 Å². The van der Waals surface area contributed by atoms with Crippen LogP contribution in [0, 0.1) is 10.1 Å². The predicted octanol–water partition coefficient (Wildman–Crippen LogP) is 3.59. The van der Waals surface area contributed by atoms with Crippen LogP contribution >= 0.6 is 0 Å². The Morgan fingerprint density at radius 2 is 2.10 bits per heavy atom. The third kappa shape index (κ3) is 4.97. The maximum atomic E-state index is 13.0. The number of alkyl halides is 2. The topological polar surface area (TPSA) is 92.5 Å². The fourth-order valence-corrected chi connectivity index (χ4v) is 1.80. The highest BCUT2D eigenvalue weighted by Crippen LogP contribution is 2.33. The number of carbonyl (C=O) groups is 1. The second-order valence-electron chi connectivity index (χ2n) is 5.23. The van der Waals surface area contributed by atoms with Gasteiger partial charge in [0.05, 0.1) is 4.92 Å². The van der Waals surface area contributed by atoms with Gasteiger partial charge in [0.25, 0.3) is 12.1 Å². The number of carboxylic acid groups (broad SMARTS) is 1. The fraction of sp³-hybridized carbons (Fsp3) is 0.462. The number of benzene rings is 1. The molecule has 21 heavy (non-hydrogen) atoms. The molecular formula is C13H16F2N2O4. The minimum Gasteiger partial charge on any atom is -0.481 e. The van der Waals surface area contributed by atoms with Crippen molar-refractivity contribution in [1.82, 2.24) is 0 Å². The van der Waals surface area contributed by atoms with Crippen molar-refractivity contribution in [3.63, 3.8) is 0 Å². The first-order chi connectivity index (χ1) is 9.62. The third-order valence-electron chi connectivity index (χ3n) is 2.92. The Kier molecular flexibility index (Phi) is 5.17. The summed E-state index contributed by atoms with van der Waals surface area (Å²) in [5, 5.41) is 22.1. The lowest BCUT2D eigenvalue weighted by Crippen LogP contribution is -2.32. The Bertz CT molecular complexity index is 547. The van der Waals surface area contributed by atoms with Crippen molar-refractivity contribution in [2.24, 2.45) is 0 Å². The molecule has 1 aromatic rings. The van der Waals surface area contributed by atoms with Crippen LogP contribution in [0.4, 0.5) is 20.2 Å². The van der Waals surface area contributed by atoms with Gasteiger partial charge in [-0.1, -0.05) is 0 Å². The highest BCUT2D eigenvalue weighted by molar-refractivity contribution is 5.67. The molecule has 0 saturated carbocycles. The Balaban J connectivity index is 3.01. The standard InChI is InChI=1S/C13H16F2N2O4/c1-13(2,6-5-11(18)19)16-10-4-3-8(17(20)21)7-9(10)12(14)15/h3-4,7,12,16H,5-6H2,1-2H3,(H,18,19). The van der Waals surface area contributed by atoms with Gasteiger partial charge in [-0.15, -0.1) is 0 Å². The zero-order chi connectivity index (χ0) is 16.2. The summed E-state index contributed by atoms with van der Waals surface area (Å²) in [5.74, 6) is -0.984. The molecule has 0 saturated heterocycles. The number of nitrogens with zero attached hydrogens (tertiary/aromatic N) is 1. The van der Waals surface area contributed by atoms with Crippen molar-refractivity contribution in [3.05, 3.63) is 33.9 Å². The summed E-state index contributed by atoms with van der Waals surface area (Å²) in [7, 11) is 0. The molecule has 8 heteroatoms. The number of carboxylic acids is 1. The number of nitro benzene ring substituents is 1. The molecule has 2 N–H and O–H groups in total. The summed E-state index contributed by atoms with van der Waals surface area (Å²) in [5.41, 5.74) is -1.57. The van der Waals surface area contributed by atoms with Gasteiger partial charge < -0.3 is 10.4 Å². The van der Waals surface area contributed by atoms with E-state index in [0.29, 0.717) is 0 Å². The summed E-state index contributed by atoms with van der Waals surface area (Å²) >= 11 is 0. The number of hydrogen-bond donors (Lipinski definition) is 2. The van der Waals surface area contributed by atoms with Crippen molar-refractivity contribution in [2.45, 2.75) is 38.7 Å². The van der Waals surface area contributed by atoms with Crippen LogP contribution in [-0.4, -0.2) is 21.5 Å². The number of non-ortho nitro benzene ring substituents is 1. The van der Waals surface area contributed by atoms with Gasteiger partial charge in [-0.2, -0.15) is 0 Å². The van der Waals surface area contributed by atoms with E-state index in [4.69, 9.17) is 5.11 Å². The lowest BCUT2D eigenvalue weighted by atomic mass is 9.97. The number of nitro groups is 1. The highest BCUT2D eigenvalue weighted by Gasteiger charge is 2.24. The molecule has 1 aromatic carbocycles. The van der Waals surface area contributed by atoms with Crippen LogP contribution in [0.1, 0.15) is 38.7 Å². The summed E-state index contributed by atoms with van der Waals surface area (Å²) in [4.78, 5) is 20.5. The normalized spacial score (nSPS) is 11.5. The van der Waals surface area contributed by atoms with E-state index in [1.807, 2.05) is 0 Å². The summed E-state index contributed by atoms with van der Waals surface area (Å²) in [6.07, 6.45) is -2.76. The van der Waals surface area contributed by atoms with Crippen molar-refractivity contribution < 1.29 is 23.6 Å². The van der Waals surface area contributed by atoms with E-state index in [9.17, 15) is 23.7 Å². The van der Waals surface area contributed by atoms with E-state index < -0.39 is 34.1 Å². The van der Waals surface area contributed by atoms with E-state index in [-0.39, 0.29) is 18.5 Å². The van der Waals surface area contributed by atoms with Crippen molar-refractivity contribution in [3.8, 4) is 0 Å². The molecule has 0 bridgehead atoms. The van der Waals surface area contributed by atoms with Crippen LogP contribution in [0.3, 0.4) is 0 Å². The van der Waals surface area contributed by atoms with E-state index in [1.54, 1.807) is 13.8 Å². The van der Waals surface area contributed by atoms with Gasteiger partial charge in [0.1, 0.15) is 0 Å². The van der Waals surface area contributed by atoms with Gasteiger partial charge in [0, 0.05) is 35.3 Å². The number of aliphatic carboxylic acids is 1. The first-order valence-electron chi connectivity index (χ1n) is 6.19. The first kappa shape index (κ1) is 16.8. The molecule has 0 atom stereocenters. The lowest BCUT2D eigenvalue weighted by Gasteiger charge is -2.28. The molecule has 1 rings (SSSR count). The molecule has 0 radical (unpaired) electrons. The predicted molar refractivity (Wildman–Crippen MR) is 72.6 cm³/mol. The average Bonchev–Trinajstić information content (AvgIpc) is 2.36. The molecular weight excluding hydrogens is 286 g/mol. The van der Waals surface area contributed by atoms with Crippen LogP contribution in [0.15, 0.2) is 18.2 Å². The minimum atomic E-state index is -2.87. The molecule has 0 aliphatic rings. The van der Waals surface area contributed by atoms with Crippen LogP contribution in [0.5, 0.6) is 0 Å². The zero-order valence-corrected chi connectivity index (χ0v) is 11.6. The second-order valence-corrected chi connectivity index (χ2v) is 5.23. The molecule has 0 spiro atoms. The van der Waals surface area contributed by atoms with E-state index in [1.165, 1.54) is 6.07 Å². The van der Waals surface area contributed by atoms with E-state index >= 15 is 0 Å². The molecule has 0 amide bonds. The molecule has 6 nitrogen and oxygen atoms in total. The summed E-state index contributed by atoms with van der Waals surface area (Å²) in [6.45, 7) is 3.35. The second kappa shape index (κ2) is 6.47. The zero-order valence-electron chi connectivity index (χ0n) is 11.6. The molecule has 0 heterocycles. The number of halogens is 2. The van der Waals surface area contributed by atoms with E-state index in [0.717, 1.165) is 12.1 Å². The van der Waals surface area contributed by atoms with Gasteiger partial charge in [0.2, 0.25) is 0 Å². The van der Waals surface area contributed by atoms with Crippen LogP contribution < -0.4 is 5.32 Å². The Morgan fingerprint density at radius 1 is 1.48 bits per heavy atom. The summed E-state index contributed by atoms with van der Waals surface area (Å²) in [6, 6.07) is 3.16. The Labute approximate surface area is 119 Å². The maximum Gasteiger partial charge on any atom is 0.303 e. The Morgan fingerprint density at radius 3 is 2.57 bits per heavy atom. The minimum absolute atomic E-state index is 0.0611. The maximum absolute atomic E-state index is 13.0. The van der Waals surface area contributed by atoms with Gasteiger partial charge in [-0.05, 0) is 26.3 Å². The number of nitrogens with one attached hydrogen (secondary N) is 1. The van der Waals surface area contributed by atoms with Crippen LogP contribution in [-0.2, 0) is 4.79 Å². The van der Waals surface area contributed by atoms with Crippen molar-refractivity contribution in [1.29, 1.82) is 0 Å². The van der Waals surface area contributed by atoms with Crippen molar-refractivity contribution >= 4 is 17.3 Å². The lowest BCUT2D eigenvalue weighted by molar-refractivity contribution is -0.385. The summed E-state index contributed by atoms with van der Waals surface area (Å²) < 4.78 is 26.0. The molecule has 0 aromatic heterocycles. The smallest absolute Gasteiger partial charge is 0.303 e. The molecule has 0 aliphatic heterocycles. The van der Waals surface area contributed by atoms with Gasteiger partial charge >= 0.3 is 5.97 Å². The van der Waals surface area contributed by atoms with Gasteiger partial charge in [0.15, 0.2) is 0 Å². The number of rotatable bonds is 7. The SMILES string of the molecule is CC(C)(CCC(=O)O)Nc1ccc([N+](=O)[O-])cc1C(F)F. The average molecular weight is 302 g/mol. The third-order valence-corrected chi connectivity index (χ3v) is 2.92. The van der Waals surface area contributed by atoms with Crippen LogP contribution in [0.2, 0.25) is 0 Å². The number of anilines is 1.